The Labute approximate surface area is 135 Å². The van der Waals surface area contributed by atoms with Crippen LogP contribution in [0.25, 0.3) is 0 Å². The Morgan fingerprint density at radius 1 is 1.13 bits per heavy atom. The lowest BCUT2D eigenvalue weighted by atomic mass is 10.1. The summed E-state index contributed by atoms with van der Waals surface area (Å²) < 4.78 is 10.6. The second-order valence-corrected chi connectivity index (χ2v) is 5.50. The second-order valence-electron chi connectivity index (χ2n) is 5.50. The number of amides is 1. The van der Waals surface area contributed by atoms with Gasteiger partial charge in [-0.2, -0.15) is 0 Å². The lowest BCUT2D eigenvalue weighted by molar-refractivity contribution is -0.121. The zero-order valence-corrected chi connectivity index (χ0v) is 13.0. The molecule has 1 N–H and O–H groups in total. The first-order valence-electron chi connectivity index (χ1n) is 7.85. The predicted octanol–water partition coefficient (Wildman–Crippen LogP) is 2.49. The summed E-state index contributed by atoms with van der Waals surface area (Å²) in [6.07, 6.45) is 6.65. The van der Waals surface area contributed by atoms with Gasteiger partial charge in [0.15, 0.2) is 11.5 Å². The van der Waals surface area contributed by atoms with E-state index in [4.69, 9.17) is 9.47 Å². The highest BCUT2D eigenvalue weighted by molar-refractivity contribution is 5.76. The number of hydrogen-bond acceptors (Lipinski definition) is 4. The number of benzene rings is 1. The molecule has 0 bridgehead atoms. The zero-order chi connectivity index (χ0) is 15.9. The fraction of sp³-hybridized carbons (Fsp3) is 0.333. The van der Waals surface area contributed by atoms with Crippen molar-refractivity contribution in [3.05, 3.63) is 53.9 Å². The van der Waals surface area contributed by atoms with Gasteiger partial charge >= 0.3 is 0 Å². The van der Waals surface area contributed by atoms with Gasteiger partial charge in [-0.1, -0.05) is 12.1 Å². The Morgan fingerprint density at radius 3 is 2.91 bits per heavy atom. The topological polar surface area (TPSA) is 60.5 Å². The Bertz CT molecular complexity index is 659. The molecule has 23 heavy (non-hydrogen) atoms. The maximum Gasteiger partial charge on any atom is 0.231 e. The number of rotatable bonds is 7. The molecule has 0 radical (unpaired) electrons. The van der Waals surface area contributed by atoms with E-state index in [1.807, 2.05) is 30.5 Å². The van der Waals surface area contributed by atoms with Crippen LogP contribution in [-0.4, -0.2) is 24.2 Å². The molecule has 0 fully saturated rings. The lowest BCUT2D eigenvalue weighted by Crippen LogP contribution is -2.24. The van der Waals surface area contributed by atoms with Gasteiger partial charge < -0.3 is 14.8 Å². The molecule has 2 heterocycles. The number of carbonyl (C=O) groups excluding carboxylic acids is 1. The predicted molar refractivity (Wildman–Crippen MR) is 86.5 cm³/mol. The molecule has 0 atom stereocenters. The SMILES string of the molecule is O=C(CCc1ccc2c(c1)OCO2)NCCCc1cccnc1. The molecule has 0 saturated heterocycles. The van der Waals surface area contributed by atoms with Crippen LogP contribution in [0.1, 0.15) is 24.0 Å². The Balaban J connectivity index is 1.35. The summed E-state index contributed by atoms with van der Waals surface area (Å²) in [5.74, 6) is 1.61. The van der Waals surface area contributed by atoms with Crippen LogP contribution in [0.2, 0.25) is 0 Å². The van der Waals surface area contributed by atoms with Crippen molar-refractivity contribution in [1.82, 2.24) is 10.3 Å². The fourth-order valence-electron chi connectivity index (χ4n) is 2.51. The number of aryl methyl sites for hydroxylation is 2. The van der Waals surface area contributed by atoms with Gasteiger partial charge in [0, 0.05) is 25.4 Å². The quantitative estimate of drug-likeness (QED) is 0.798. The maximum absolute atomic E-state index is 11.9. The third kappa shape index (κ3) is 4.45. The number of aromatic nitrogens is 1. The summed E-state index contributed by atoms with van der Waals surface area (Å²) in [5, 5.41) is 2.96. The lowest BCUT2D eigenvalue weighted by Gasteiger charge is -2.06. The molecule has 0 aliphatic carbocycles. The minimum absolute atomic E-state index is 0.0776. The van der Waals surface area contributed by atoms with Gasteiger partial charge in [-0.15, -0.1) is 0 Å². The van der Waals surface area contributed by atoms with Gasteiger partial charge in [0.05, 0.1) is 0 Å². The van der Waals surface area contributed by atoms with Crippen LogP contribution < -0.4 is 14.8 Å². The fourth-order valence-corrected chi connectivity index (χ4v) is 2.51. The first-order chi connectivity index (χ1) is 11.3. The number of nitrogens with zero attached hydrogens (tertiary/aromatic N) is 1. The van der Waals surface area contributed by atoms with E-state index >= 15 is 0 Å². The zero-order valence-electron chi connectivity index (χ0n) is 13.0. The van der Waals surface area contributed by atoms with Crippen molar-refractivity contribution < 1.29 is 14.3 Å². The van der Waals surface area contributed by atoms with Crippen LogP contribution in [-0.2, 0) is 17.6 Å². The molecule has 0 unspecified atom stereocenters. The van der Waals surface area contributed by atoms with Gasteiger partial charge in [-0.25, -0.2) is 0 Å². The average molecular weight is 312 g/mol. The van der Waals surface area contributed by atoms with E-state index in [9.17, 15) is 4.79 Å². The maximum atomic E-state index is 11.9. The number of pyridine rings is 1. The number of hydrogen-bond donors (Lipinski definition) is 1. The van der Waals surface area contributed by atoms with E-state index < -0.39 is 0 Å². The summed E-state index contributed by atoms with van der Waals surface area (Å²) in [7, 11) is 0. The molecule has 5 nitrogen and oxygen atoms in total. The summed E-state index contributed by atoms with van der Waals surface area (Å²) in [6, 6.07) is 9.79. The molecule has 0 saturated carbocycles. The molecule has 3 rings (SSSR count). The second kappa shape index (κ2) is 7.63. The average Bonchev–Trinajstić information content (AvgIpc) is 3.05. The van der Waals surface area contributed by atoms with Crippen molar-refractivity contribution >= 4 is 5.91 Å². The Hall–Kier alpha value is -2.56. The van der Waals surface area contributed by atoms with Crippen LogP contribution in [0.4, 0.5) is 0 Å². The van der Waals surface area contributed by atoms with Crippen LogP contribution in [0, 0.1) is 0 Å². The molecule has 2 aromatic rings. The van der Waals surface area contributed by atoms with Gasteiger partial charge in [-0.05, 0) is 48.6 Å². The van der Waals surface area contributed by atoms with Crippen LogP contribution in [0.5, 0.6) is 11.5 Å². The van der Waals surface area contributed by atoms with Crippen molar-refractivity contribution in [2.45, 2.75) is 25.7 Å². The van der Waals surface area contributed by atoms with Crippen LogP contribution >= 0.6 is 0 Å². The highest BCUT2D eigenvalue weighted by atomic mass is 16.7. The molecular weight excluding hydrogens is 292 g/mol. The first-order valence-corrected chi connectivity index (χ1v) is 7.85. The number of ether oxygens (including phenoxy) is 2. The summed E-state index contributed by atoms with van der Waals surface area (Å²) in [5.41, 5.74) is 2.28. The summed E-state index contributed by atoms with van der Waals surface area (Å²) >= 11 is 0. The minimum atomic E-state index is 0.0776. The van der Waals surface area contributed by atoms with Crippen molar-refractivity contribution in [3.63, 3.8) is 0 Å². The normalized spacial score (nSPS) is 12.2. The van der Waals surface area contributed by atoms with E-state index in [0.29, 0.717) is 19.4 Å². The van der Waals surface area contributed by atoms with E-state index in [0.717, 1.165) is 29.9 Å². The summed E-state index contributed by atoms with van der Waals surface area (Å²) in [4.78, 5) is 16.0. The molecular formula is C18H20N2O3. The first kappa shape index (κ1) is 15.3. The smallest absolute Gasteiger partial charge is 0.231 e. The Morgan fingerprint density at radius 2 is 2.04 bits per heavy atom. The largest absolute Gasteiger partial charge is 0.454 e. The molecule has 1 aliphatic heterocycles. The van der Waals surface area contributed by atoms with E-state index in [1.54, 1.807) is 6.20 Å². The summed E-state index contributed by atoms with van der Waals surface area (Å²) in [6.45, 7) is 0.963. The monoisotopic (exact) mass is 312 g/mol. The van der Waals surface area contributed by atoms with E-state index in [1.165, 1.54) is 5.56 Å². The van der Waals surface area contributed by atoms with Crippen molar-refractivity contribution in [3.8, 4) is 11.5 Å². The molecule has 1 aromatic carbocycles. The van der Waals surface area contributed by atoms with Crippen LogP contribution in [0.3, 0.4) is 0 Å². The molecule has 1 aromatic heterocycles. The van der Waals surface area contributed by atoms with E-state index in [2.05, 4.69) is 16.4 Å². The van der Waals surface area contributed by atoms with Gasteiger partial charge in [0.1, 0.15) is 0 Å². The van der Waals surface area contributed by atoms with E-state index in [-0.39, 0.29) is 12.7 Å². The molecule has 5 heteroatoms. The van der Waals surface area contributed by atoms with Crippen molar-refractivity contribution in [1.29, 1.82) is 0 Å². The molecule has 1 amide bonds. The molecule has 120 valence electrons. The third-order valence-corrected chi connectivity index (χ3v) is 3.76. The molecule has 1 aliphatic rings. The van der Waals surface area contributed by atoms with Gasteiger partial charge in [0.2, 0.25) is 12.7 Å². The van der Waals surface area contributed by atoms with Crippen LogP contribution in [0.15, 0.2) is 42.7 Å². The molecule has 0 spiro atoms. The highest BCUT2D eigenvalue weighted by Crippen LogP contribution is 2.32. The Kier molecular flexibility index (Phi) is 5.09. The van der Waals surface area contributed by atoms with Gasteiger partial charge in [0.25, 0.3) is 0 Å². The van der Waals surface area contributed by atoms with Gasteiger partial charge in [-0.3, -0.25) is 9.78 Å². The minimum Gasteiger partial charge on any atom is -0.454 e. The highest BCUT2D eigenvalue weighted by Gasteiger charge is 2.13. The van der Waals surface area contributed by atoms with Crippen molar-refractivity contribution in [2.75, 3.05) is 13.3 Å². The standard InChI is InChI=1S/C18H20N2O3/c21-18(20-10-2-4-15-3-1-9-19-12-15)8-6-14-5-7-16-17(11-14)23-13-22-16/h1,3,5,7,9,11-12H,2,4,6,8,10,13H2,(H,20,21). The van der Waals surface area contributed by atoms with Crippen molar-refractivity contribution in [2.24, 2.45) is 0 Å². The number of fused-ring (bicyclic) bond motifs is 1. The third-order valence-electron chi connectivity index (χ3n) is 3.76. The number of carbonyl (C=O) groups is 1. The number of nitrogens with one attached hydrogen (secondary N) is 1.